The van der Waals surface area contributed by atoms with Crippen LogP contribution in [0.4, 0.5) is 0 Å². The maximum atomic E-state index is 14.1. The van der Waals surface area contributed by atoms with Gasteiger partial charge in [0.2, 0.25) is 0 Å². The Labute approximate surface area is 383 Å². The monoisotopic (exact) mass is 934 g/mol. The zero-order valence-electron chi connectivity index (χ0n) is 35.7. The fourth-order valence-electron chi connectivity index (χ4n) is 7.68. The largest absolute Gasteiger partial charge is 0.459 e. The van der Waals surface area contributed by atoms with E-state index >= 15 is 0 Å². The van der Waals surface area contributed by atoms with Crippen LogP contribution in [0.2, 0.25) is 0 Å². The van der Waals surface area contributed by atoms with Gasteiger partial charge in [0.15, 0.2) is 37.2 Å². The molecule has 20 heteroatoms. The van der Waals surface area contributed by atoms with Gasteiger partial charge in [-0.15, -0.1) is 0 Å². The quantitative estimate of drug-likeness (QED) is 0.0661. The molecule has 6 N–H and O–H groups in total. The van der Waals surface area contributed by atoms with E-state index in [1.165, 1.54) is 55.6 Å². The van der Waals surface area contributed by atoms with E-state index in [0.717, 1.165) is 0 Å². The summed E-state index contributed by atoms with van der Waals surface area (Å²) in [5.74, 6) is -3.81. The minimum Gasteiger partial charge on any atom is -0.459 e. The molecule has 3 aliphatic heterocycles. The van der Waals surface area contributed by atoms with Crippen LogP contribution < -0.4 is 0 Å². The van der Waals surface area contributed by atoms with Crippen molar-refractivity contribution in [3.8, 4) is 0 Å². The molecule has 4 aromatic rings. The van der Waals surface area contributed by atoms with Crippen molar-refractivity contribution >= 4 is 23.9 Å². The zero-order chi connectivity index (χ0) is 47.6. The summed E-state index contributed by atoms with van der Waals surface area (Å²) in [6.07, 6.45) is -26.7. The second-order valence-electron chi connectivity index (χ2n) is 15.6. The Balaban J connectivity index is 1.33. The molecule has 15 atom stereocenters. The third-order valence-electron chi connectivity index (χ3n) is 11.2. The summed E-state index contributed by atoms with van der Waals surface area (Å²) in [6.45, 7) is -2.41. The predicted molar refractivity (Wildman–Crippen MR) is 225 cm³/mol. The standard InChI is InChI=1S/C47H50O20/c1-58-45-35(53)38(36(30(23-49)61-45)66-46-34(52)33(51)32(50)29(22-48)60-46)67-47-40(65-44(57)28-20-12-5-13-21-28)39(64-43(56)27-18-10-4-11-19-27)37(63-42(55)26-16-8-3-9-17-26)31(62-47)24-59-41(54)25-14-6-2-7-15-25/h2-21,29-40,45-53H,22-24H2,1H3/t29-,30-,31-,32-,33+,34-,35-,36-,37-,38-,39+,40-,45+,46-,47+/m1/s1. The first-order valence-electron chi connectivity index (χ1n) is 21.2. The summed E-state index contributed by atoms with van der Waals surface area (Å²) in [7, 11) is 1.17. The van der Waals surface area contributed by atoms with Gasteiger partial charge in [-0.1, -0.05) is 72.8 Å². The molecule has 3 aliphatic rings. The summed E-state index contributed by atoms with van der Waals surface area (Å²) < 4.78 is 59.7. The molecule has 0 saturated carbocycles. The molecular weight excluding hydrogens is 884 g/mol. The van der Waals surface area contributed by atoms with Crippen LogP contribution in [0.3, 0.4) is 0 Å². The molecule has 358 valence electrons. The van der Waals surface area contributed by atoms with Crippen molar-refractivity contribution in [2.75, 3.05) is 26.9 Å². The summed E-state index contributed by atoms with van der Waals surface area (Å²) in [4.78, 5) is 55.6. The summed E-state index contributed by atoms with van der Waals surface area (Å²) >= 11 is 0. The molecule has 0 radical (unpaired) electrons. The molecule has 0 spiro atoms. The minimum absolute atomic E-state index is 0.000788. The van der Waals surface area contributed by atoms with Crippen molar-refractivity contribution in [1.82, 2.24) is 0 Å². The van der Waals surface area contributed by atoms with Crippen molar-refractivity contribution in [3.63, 3.8) is 0 Å². The van der Waals surface area contributed by atoms with E-state index in [-0.39, 0.29) is 22.3 Å². The third kappa shape index (κ3) is 11.5. The van der Waals surface area contributed by atoms with Crippen LogP contribution in [0.1, 0.15) is 41.4 Å². The van der Waals surface area contributed by atoms with Gasteiger partial charge < -0.3 is 78.0 Å². The van der Waals surface area contributed by atoms with Gasteiger partial charge in [0.05, 0.1) is 35.5 Å². The lowest BCUT2D eigenvalue weighted by Crippen LogP contribution is -2.68. The first-order valence-corrected chi connectivity index (χ1v) is 21.2. The number of methoxy groups -OCH3 is 1. The molecule has 0 aliphatic carbocycles. The van der Waals surface area contributed by atoms with Gasteiger partial charge in [0.25, 0.3) is 0 Å². The van der Waals surface area contributed by atoms with E-state index in [1.54, 1.807) is 72.8 Å². The van der Waals surface area contributed by atoms with Crippen LogP contribution >= 0.6 is 0 Å². The molecule has 3 fully saturated rings. The molecule has 0 amide bonds. The van der Waals surface area contributed by atoms with Gasteiger partial charge >= 0.3 is 23.9 Å². The SMILES string of the molecule is CO[C@H]1O[C@H](CO)[C@@H](O[C@H]2O[C@H](CO)[C@@H](O)[C@H](O)[C@H]2O)[C@H](O[C@@H]2O[C@H](COC(=O)c3ccccc3)[C@@H](OC(=O)c3ccccc3)[C@H](OC(=O)c3ccccc3)[C@H]2OC(=O)c2ccccc2)[C@H]1O. The lowest BCUT2D eigenvalue weighted by molar-refractivity contribution is -0.384. The average Bonchev–Trinajstić information content (AvgIpc) is 3.36. The third-order valence-corrected chi connectivity index (χ3v) is 11.2. The van der Waals surface area contributed by atoms with Gasteiger partial charge in [-0.3, -0.25) is 0 Å². The van der Waals surface area contributed by atoms with Crippen molar-refractivity contribution in [2.45, 2.75) is 92.1 Å². The normalized spacial score (nSPS) is 31.8. The van der Waals surface area contributed by atoms with Crippen LogP contribution in [0, 0.1) is 0 Å². The Morgan fingerprint density at radius 1 is 0.433 bits per heavy atom. The second-order valence-corrected chi connectivity index (χ2v) is 15.6. The van der Waals surface area contributed by atoms with Crippen molar-refractivity contribution < 1.29 is 97.2 Å². The molecule has 4 aromatic carbocycles. The smallest absolute Gasteiger partial charge is 0.338 e. The van der Waals surface area contributed by atoms with Crippen LogP contribution in [0.15, 0.2) is 121 Å². The van der Waals surface area contributed by atoms with Crippen molar-refractivity contribution in [3.05, 3.63) is 144 Å². The lowest BCUT2D eigenvalue weighted by atomic mass is 9.95. The molecule has 20 nitrogen and oxygen atoms in total. The number of aliphatic hydroxyl groups is 6. The van der Waals surface area contributed by atoms with Crippen LogP contribution in [0.25, 0.3) is 0 Å². The van der Waals surface area contributed by atoms with E-state index in [9.17, 15) is 49.8 Å². The first kappa shape index (κ1) is 49.2. The number of rotatable bonds is 16. The Hall–Kier alpha value is -5.72. The van der Waals surface area contributed by atoms with Crippen LogP contribution in [-0.2, 0) is 47.4 Å². The Kier molecular flexibility index (Phi) is 16.8. The molecule has 7 rings (SSSR count). The maximum Gasteiger partial charge on any atom is 0.338 e. The predicted octanol–water partition coefficient (Wildman–Crippen LogP) is 0.540. The number of carbonyl (C=O) groups excluding carboxylic acids is 4. The Morgan fingerprint density at radius 3 is 1.33 bits per heavy atom. The van der Waals surface area contributed by atoms with E-state index in [2.05, 4.69) is 0 Å². The highest BCUT2D eigenvalue weighted by Crippen LogP contribution is 2.37. The number of hydrogen-bond donors (Lipinski definition) is 6. The minimum atomic E-state index is -2.01. The maximum absolute atomic E-state index is 14.1. The molecule has 0 bridgehead atoms. The topological polar surface area (TPSA) is 282 Å². The molecule has 67 heavy (non-hydrogen) atoms. The van der Waals surface area contributed by atoms with E-state index in [1.807, 2.05) is 0 Å². The fourth-order valence-corrected chi connectivity index (χ4v) is 7.68. The van der Waals surface area contributed by atoms with Crippen LogP contribution in [0.5, 0.6) is 0 Å². The number of ether oxygens (including phenoxy) is 10. The first-order chi connectivity index (χ1) is 32.4. The van der Waals surface area contributed by atoms with E-state index < -0.39 is 136 Å². The Bertz CT molecular complexity index is 2220. The highest BCUT2D eigenvalue weighted by molar-refractivity contribution is 5.91. The molecule has 3 saturated heterocycles. The Morgan fingerprint density at radius 2 is 0.851 bits per heavy atom. The lowest BCUT2D eigenvalue weighted by Gasteiger charge is -2.49. The number of carbonyl (C=O) groups is 4. The number of benzene rings is 4. The van der Waals surface area contributed by atoms with E-state index in [0.29, 0.717) is 0 Å². The van der Waals surface area contributed by atoms with Gasteiger partial charge in [-0.2, -0.15) is 0 Å². The molecule has 0 unspecified atom stereocenters. The van der Waals surface area contributed by atoms with Gasteiger partial charge in [-0.25, -0.2) is 19.2 Å². The number of aliphatic hydroxyl groups excluding tert-OH is 6. The van der Waals surface area contributed by atoms with Gasteiger partial charge in [-0.05, 0) is 48.5 Å². The second kappa shape index (κ2) is 22.9. The van der Waals surface area contributed by atoms with Gasteiger partial charge in [0, 0.05) is 7.11 Å². The van der Waals surface area contributed by atoms with Gasteiger partial charge in [0.1, 0.15) is 61.5 Å². The van der Waals surface area contributed by atoms with Crippen molar-refractivity contribution in [2.24, 2.45) is 0 Å². The van der Waals surface area contributed by atoms with Crippen LogP contribution in [-0.4, -0.2) is 174 Å². The van der Waals surface area contributed by atoms with Crippen molar-refractivity contribution in [1.29, 1.82) is 0 Å². The summed E-state index contributed by atoms with van der Waals surface area (Å²) in [6, 6.07) is 30.8. The summed E-state index contributed by atoms with van der Waals surface area (Å²) in [5, 5.41) is 64.3. The fraction of sp³-hybridized carbons (Fsp3) is 0.404. The number of hydrogen-bond acceptors (Lipinski definition) is 20. The highest BCUT2D eigenvalue weighted by Gasteiger charge is 2.58. The molecule has 3 heterocycles. The highest BCUT2D eigenvalue weighted by atomic mass is 16.8. The summed E-state index contributed by atoms with van der Waals surface area (Å²) in [5.41, 5.74) is 0.193. The molecular formula is C47H50O20. The average molecular weight is 935 g/mol. The van der Waals surface area contributed by atoms with E-state index in [4.69, 9.17) is 47.4 Å². The zero-order valence-corrected chi connectivity index (χ0v) is 35.7. The molecule has 0 aromatic heterocycles. The number of esters is 4.